The van der Waals surface area contributed by atoms with E-state index in [1.54, 1.807) is 6.08 Å². The van der Waals surface area contributed by atoms with E-state index in [1.165, 1.54) is 4.90 Å². The summed E-state index contributed by atoms with van der Waals surface area (Å²) in [5.41, 5.74) is 3.87. The number of nitrogens with zero attached hydrogens (tertiary/aromatic N) is 2. The summed E-state index contributed by atoms with van der Waals surface area (Å²) in [6.45, 7) is 2.29. The standard InChI is InChI=1S/C22H17BrN2O2S/c1-15-7-12-19(25(15)18-5-3-2-4-6-18)13-20-21(26)24(22(27)28-20)14-16-8-10-17(23)11-9-16/h2-13H,14H2,1H3/b20-13-. The fourth-order valence-electron chi connectivity index (χ4n) is 3.14. The lowest BCUT2D eigenvalue weighted by atomic mass is 10.2. The molecule has 28 heavy (non-hydrogen) atoms. The van der Waals surface area contributed by atoms with Gasteiger partial charge in [0.2, 0.25) is 0 Å². The Bertz CT molecular complexity index is 1070. The first-order valence-corrected chi connectivity index (χ1v) is 10.4. The number of para-hydroxylation sites is 1. The van der Waals surface area contributed by atoms with E-state index >= 15 is 0 Å². The van der Waals surface area contributed by atoms with Gasteiger partial charge in [0.25, 0.3) is 11.1 Å². The molecule has 4 rings (SSSR count). The third kappa shape index (κ3) is 3.70. The van der Waals surface area contributed by atoms with E-state index in [9.17, 15) is 9.59 Å². The van der Waals surface area contributed by atoms with Crippen molar-refractivity contribution in [1.29, 1.82) is 0 Å². The highest BCUT2D eigenvalue weighted by molar-refractivity contribution is 9.10. The lowest BCUT2D eigenvalue weighted by molar-refractivity contribution is -0.123. The maximum atomic E-state index is 12.8. The molecule has 1 aliphatic rings. The Hall–Kier alpha value is -2.57. The maximum absolute atomic E-state index is 12.8. The van der Waals surface area contributed by atoms with Crippen LogP contribution in [0, 0.1) is 6.92 Å². The first-order chi connectivity index (χ1) is 13.5. The summed E-state index contributed by atoms with van der Waals surface area (Å²) in [7, 11) is 0. The second-order valence-electron chi connectivity index (χ2n) is 6.46. The topological polar surface area (TPSA) is 42.3 Å². The van der Waals surface area contributed by atoms with Gasteiger partial charge in [0, 0.05) is 21.5 Å². The van der Waals surface area contributed by atoms with Gasteiger partial charge in [-0.25, -0.2) is 0 Å². The van der Waals surface area contributed by atoms with Gasteiger partial charge in [-0.05, 0) is 66.7 Å². The van der Waals surface area contributed by atoms with Crippen molar-refractivity contribution in [3.63, 3.8) is 0 Å². The van der Waals surface area contributed by atoms with Crippen LogP contribution < -0.4 is 0 Å². The summed E-state index contributed by atoms with van der Waals surface area (Å²) in [4.78, 5) is 27.0. The molecule has 0 aliphatic carbocycles. The molecule has 0 N–H and O–H groups in total. The summed E-state index contributed by atoms with van der Waals surface area (Å²) < 4.78 is 3.03. The fourth-order valence-corrected chi connectivity index (χ4v) is 4.23. The molecule has 1 fully saturated rings. The van der Waals surface area contributed by atoms with Gasteiger partial charge in [-0.15, -0.1) is 0 Å². The molecule has 0 saturated carbocycles. The lowest BCUT2D eigenvalue weighted by Gasteiger charge is -2.12. The molecule has 4 nitrogen and oxygen atoms in total. The number of thioether (sulfide) groups is 1. The fraction of sp³-hybridized carbons (Fsp3) is 0.0909. The van der Waals surface area contributed by atoms with Crippen LogP contribution in [0.15, 0.2) is 76.1 Å². The van der Waals surface area contributed by atoms with Crippen LogP contribution in [0.2, 0.25) is 0 Å². The number of carbonyl (C=O) groups is 2. The number of benzene rings is 2. The number of halogens is 1. The number of aromatic nitrogens is 1. The van der Waals surface area contributed by atoms with E-state index in [0.717, 1.165) is 38.9 Å². The second kappa shape index (κ2) is 7.81. The van der Waals surface area contributed by atoms with Crippen molar-refractivity contribution in [1.82, 2.24) is 9.47 Å². The highest BCUT2D eigenvalue weighted by atomic mass is 79.9. The summed E-state index contributed by atoms with van der Waals surface area (Å²) in [6.07, 6.45) is 1.80. The van der Waals surface area contributed by atoms with Gasteiger partial charge < -0.3 is 4.57 Å². The molecule has 1 aromatic heterocycles. The third-order valence-electron chi connectivity index (χ3n) is 4.53. The first-order valence-electron chi connectivity index (χ1n) is 8.76. The number of aryl methyl sites for hydroxylation is 1. The third-order valence-corrected chi connectivity index (χ3v) is 5.96. The van der Waals surface area contributed by atoms with Crippen LogP contribution in [0.5, 0.6) is 0 Å². The van der Waals surface area contributed by atoms with E-state index in [4.69, 9.17) is 0 Å². The molecule has 2 amide bonds. The van der Waals surface area contributed by atoms with Gasteiger partial charge in [0.1, 0.15) is 0 Å². The van der Waals surface area contributed by atoms with E-state index < -0.39 is 0 Å². The van der Waals surface area contributed by atoms with Crippen LogP contribution in [-0.4, -0.2) is 20.6 Å². The van der Waals surface area contributed by atoms with Crippen LogP contribution in [0.4, 0.5) is 4.79 Å². The van der Waals surface area contributed by atoms with Crippen LogP contribution in [-0.2, 0) is 11.3 Å². The predicted molar refractivity (Wildman–Crippen MR) is 116 cm³/mol. The minimum Gasteiger partial charge on any atom is -0.314 e. The van der Waals surface area contributed by atoms with E-state index in [1.807, 2.05) is 73.7 Å². The Labute approximate surface area is 176 Å². The number of hydrogen-bond acceptors (Lipinski definition) is 3. The molecular formula is C22H17BrN2O2S. The molecule has 2 heterocycles. The summed E-state index contributed by atoms with van der Waals surface area (Å²) in [6, 6.07) is 21.5. The smallest absolute Gasteiger partial charge is 0.293 e. The van der Waals surface area contributed by atoms with Gasteiger partial charge in [-0.3, -0.25) is 14.5 Å². The number of amides is 2. The number of hydrogen-bond donors (Lipinski definition) is 0. The molecule has 1 aliphatic heterocycles. The monoisotopic (exact) mass is 452 g/mol. The molecular weight excluding hydrogens is 436 g/mol. The normalized spacial score (nSPS) is 15.6. The molecule has 6 heteroatoms. The zero-order valence-electron chi connectivity index (χ0n) is 15.1. The molecule has 0 unspecified atom stereocenters. The Morgan fingerprint density at radius 3 is 2.39 bits per heavy atom. The highest BCUT2D eigenvalue weighted by Crippen LogP contribution is 2.34. The maximum Gasteiger partial charge on any atom is 0.293 e. The van der Waals surface area contributed by atoms with Gasteiger partial charge in [-0.2, -0.15) is 0 Å². The average Bonchev–Trinajstić information content (AvgIpc) is 3.18. The van der Waals surface area contributed by atoms with Crippen molar-refractivity contribution < 1.29 is 9.59 Å². The van der Waals surface area contributed by atoms with Gasteiger partial charge in [0.15, 0.2) is 0 Å². The minimum atomic E-state index is -0.253. The highest BCUT2D eigenvalue weighted by Gasteiger charge is 2.35. The van der Waals surface area contributed by atoms with Crippen molar-refractivity contribution >= 4 is 44.9 Å². The van der Waals surface area contributed by atoms with E-state index in [2.05, 4.69) is 20.5 Å². The zero-order chi connectivity index (χ0) is 19.7. The Balaban J connectivity index is 1.62. The lowest BCUT2D eigenvalue weighted by Crippen LogP contribution is -2.27. The quantitative estimate of drug-likeness (QED) is 0.470. The second-order valence-corrected chi connectivity index (χ2v) is 8.37. The van der Waals surface area contributed by atoms with E-state index in [0.29, 0.717) is 4.91 Å². The Morgan fingerprint density at radius 1 is 0.964 bits per heavy atom. The summed E-state index contributed by atoms with van der Waals surface area (Å²) in [5, 5.41) is -0.242. The van der Waals surface area contributed by atoms with Gasteiger partial charge in [0.05, 0.1) is 11.4 Å². The Kier molecular flexibility index (Phi) is 5.24. The molecule has 140 valence electrons. The van der Waals surface area contributed by atoms with Crippen LogP contribution in [0.25, 0.3) is 11.8 Å². The molecule has 0 spiro atoms. The molecule has 2 aromatic carbocycles. The molecule has 0 atom stereocenters. The Morgan fingerprint density at radius 2 is 1.68 bits per heavy atom. The van der Waals surface area contributed by atoms with Crippen molar-refractivity contribution in [2.24, 2.45) is 0 Å². The number of carbonyl (C=O) groups excluding carboxylic acids is 2. The SMILES string of the molecule is Cc1ccc(/C=C2\SC(=O)N(Cc3ccc(Br)cc3)C2=O)n1-c1ccccc1. The van der Waals surface area contributed by atoms with Crippen molar-refractivity contribution in [2.45, 2.75) is 13.5 Å². The van der Waals surface area contributed by atoms with Crippen molar-refractivity contribution in [3.05, 3.63) is 93.1 Å². The van der Waals surface area contributed by atoms with Crippen molar-refractivity contribution in [3.8, 4) is 5.69 Å². The van der Waals surface area contributed by atoms with E-state index in [-0.39, 0.29) is 17.7 Å². The van der Waals surface area contributed by atoms with Crippen LogP contribution in [0.1, 0.15) is 17.0 Å². The zero-order valence-corrected chi connectivity index (χ0v) is 17.5. The number of rotatable bonds is 4. The molecule has 0 radical (unpaired) electrons. The van der Waals surface area contributed by atoms with Gasteiger partial charge in [-0.1, -0.05) is 46.3 Å². The van der Waals surface area contributed by atoms with Crippen LogP contribution in [0.3, 0.4) is 0 Å². The predicted octanol–water partition coefficient (Wildman–Crippen LogP) is 5.78. The van der Waals surface area contributed by atoms with Crippen LogP contribution >= 0.6 is 27.7 Å². The first kappa shape index (κ1) is 18.8. The minimum absolute atomic E-state index is 0.242. The largest absolute Gasteiger partial charge is 0.314 e. The molecule has 0 bridgehead atoms. The molecule has 3 aromatic rings. The van der Waals surface area contributed by atoms with Gasteiger partial charge >= 0.3 is 0 Å². The molecule has 1 saturated heterocycles. The number of imide groups is 1. The summed E-state index contributed by atoms with van der Waals surface area (Å²) in [5.74, 6) is -0.253. The average molecular weight is 453 g/mol. The van der Waals surface area contributed by atoms with Crippen molar-refractivity contribution in [2.75, 3.05) is 0 Å². The summed E-state index contributed by atoms with van der Waals surface area (Å²) >= 11 is 4.38.